The molecule has 0 saturated heterocycles. The van der Waals surface area contributed by atoms with Crippen LogP contribution in [0.15, 0.2) is 48.5 Å². The number of nitrogens with one attached hydrogen (secondary N) is 2. The van der Waals surface area contributed by atoms with Gasteiger partial charge in [-0.1, -0.05) is 24.3 Å². The van der Waals surface area contributed by atoms with E-state index in [0.717, 1.165) is 27.8 Å². The number of fused-ring (bicyclic) bond motifs is 2. The fraction of sp³-hybridized carbons (Fsp3) is 0.250. The Morgan fingerprint density at radius 1 is 1.28 bits per heavy atom. The average molecular weight is 336 g/mol. The van der Waals surface area contributed by atoms with Crippen molar-refractivity contribution in [3.63, 3.8) is 0 Å². The minimum Gasteiger partial charge on any atom is -0.494 e. The molecule has 1 aliphatic carbocycles. The van der Waals surface area contributed by atoms with Crippen molar-refractivity contribution >= 4 is 16.8 Å². The normalized spacial score (nSPS) is 19.0. The Labute approximate surface area is 145 Å². The molecule has 5 nitrogen and oxygen atoms in total. The number of carbonyl (C=O) groups is 1. The molecule has 0 aliphatic heterocycles. The summed E-state index contributed by atoms with van der Waals surface area (Å²) in [5.41, 5.74) is 3.39. The zero-order chi connectivity index (χ0) is 17.4. The topological polar surface area (TPSA) is 74.3 Å². The van der Waals surface area contributed by atoms with Crippen LogP contribution < -0.4 is 10.1 Å². The summed E-state index contributed by atoms with van der Waals surface area (Å²) >= 11 is 0. The number of aromatic nitrogens is 1. The first-order chi connectivity index (χ1) is 12.2. The van der Waals surface area contributed by atoms with Crippen LogP contribution in [0.1, 0.15) is 34.6 Å². The quantitative estimate of drug-likeness (QED) is 0.686. The predicted molar refractivity (Wildman–Crippen MR) is 95.8 cm³/mol. The van der Waals surface area contributed by atoms with Gasteiger partial charge in [0.15, 0.2) is 0 Å². The van der Waals surface area contributed by atoms with E-state index in [1.807, 2.05) is 55.5 Å². The maximum atomic E-state index is 12.7. The van der Waals surface area contributed by atoms with E-state index in [4.69, 9.17) is 4.74 Å². The zero-order valence-electron chi connectivity index (χ0n) is 14.0. The van der Waals surface area contributed by atoms with Gasteiger partial charge >= 0.3 is 0 Å². The number of benzene rings is 2. The molecule has 1 heterocycles. The molecule has 2 aromatic carbocycles. The predicted octanol–water partition coefficient (Wildman–Crippen LogP) is 2.95. The van der Waals surface area contributed by atoms with Gasteiger partial charge in [-0.3, -0.25) is 4.79 Å². The maximum absolute atomic E-state index is 12.7. The molecule has 4 rings (SSSR count). The Hall–Kier alpha value is -2.79. The first-order valence-electron chi connectivity index (χ1n) is 8.48. The summed E-state index contributed by atoms with van der Waals surface area (Å²) in [5.74, 6) is 0.541. The molecule has 0 bridgehead atoms. The third-order valence-electron chi connectivity index (χ3n) is 4.64. The van der Waals surface area contributed by atoms with Gasteiger partial charge in [-0.15, -0.1) is 0 Å². The van der Waals surface area contributed by atoms with Crippen LogP contribution in [0, 0.1) is 0 Å². The van der Waals surface area contributed by atoms with Gasteiger partial charge in [0.05, 0.1) is 18.8 Å². The highest BCUT2D eigenvalue weighted by molar-refractivity contribution is 5.98. The van der Waals surface area contributed by atoms with E-state index in [1.54, 1.807) is 0 Å². The van der Waals surface area contributed by atoms with E-state index in [2.05, 4.69) is 10.3 Å². The van der Waals surface area contributed by atoms with Gasteiger partial charge < -0.3 is 20.1 Å². The number of hydrogen-bond acceptors (Lipinski definition) is 3. The van der Waals surface area contributed by atoms with Crippen molar-refractivity contribution in [1.29, 1.82) is 0 Å². The summed E-state index contributed by atoms with van der Waals surface area (Å²) in [7, 11) is 0. The number of ether oxygens (including phenoxy) is 1. The zero-order valence-corrected chi connectivity index (χ0v) is 14.0. The van der Waals surface area contributed by atoms with Crippen molar-refractivity contribution in [3.05, 3.63) is 65.4 Å². The summed E-state index contributed by atoms with van der Waals surface area (Å²) in [4.78, 5) is 15.8. The number of amides is 1. The Morgan fingerprint density at radius 3 is 2.96 bits per heavy atom. The van der Waals surface area contributed by atoms with Gasteiger partial charge in [0.1, 0.15) is 11.4 Å². The smallest absolute Gasteiger partial charge is 0.268 e. The number of aliphatic hydroxyl groups is 1. The molecule has 1 amide bonds. The molecule has 2 atom stereocenters. The van der Waals surface area contributed by atoms with Crippen LogP contribution in [0.4, 0.5) is 0 Å². The Balaban J connectivity index is 1.58. The molecule has 1 aromatic heterocycles. The van der Waals surface area contributed by atoms with Gasteiger partial charge in [-0.05, 0) is 36.2 Å². The molecule has 3 N–H and O–H groups in total. The summed E-state index contributed by atoms with van der Waals surface area (Å²) in [6.45, 7) is 2.53. The van der Waals surface area contributed by atoms with Crippen LogP contribution >= 0.6 is 0 Å². The minimum absolute atomic E-state index is 0.227. The molecular weight excluding hydrogens is 316 g/mol. The molecule has 128 valence electrons. The summed E-state index contributed by atoms with van der Waals surface area (Å²) in [6.07, 6.45) is -0.0405. The highest BCUT2D eigenvalue weighted by Gasteiger charge is 2.32. The third-order valence-corrected chi connectivity index (χ3v) is 4.64. The number of hydrogen-bond donors (Lipinski definition) is 3. The van der Waals surface area contributed by atoms with E-state index in [-0.39, 0.29) is 11.9 Å². The van der Waals surface area contributed by atoms with Gasteiger partial charge in [0, 0.05) is 23.4 Å². The lowest BCUT2D eigenvalue weighted by molar-refractivity contribution is 0.0854. The van der Waals surface area contributed by atoms with Crippen LogP contribution in [0.25, 0.3) is 10.9 Å². The van der Waals surface area contributed by atoms with Crippen molar-refractivity contribution in [2.75, 3.05) is 6.61 Å². The van der Waals surface area contributed by atoms with Gasteiger partial charge in [-0.25, -0.2) is 0 Å². The van der Waals surface area contributed by atoms with E-state index in [9.17, 15) is 9.90 Å². The molecule has 0 unspecified atom stereocenters. The number of rotatable bonds is 4. The second-order valence-corrected chi connectivity index (χ2v) is 6.29. The number of carbonyl (C=O) groups excluding carboxylic acids is 1. The molecule has 0 fully saturated rings. The number of H-pyrrole nitrogens is 1. The van der Waals surface area contributed by atoms with Crippen LogP contribution in [0.5, 0.6) is 5.75 Å². The summed E-state index contributed by atoms with van der Waals surface area (Å²) < 4.78 is 5.49. The molecule has 1 aliphatic rings. The Kier molecular flexibility index (Phi) is 3.93. The molecule has 0 saturated carbocycles. The number of aromatic amines is 1. The fourth-order valence-electron chi connectivity index (χ4n) is 3.45. The first kappa shape index (κ1) is 15.7. The van der Waals surface area contributed by atoms with E-state index in [0.29, 0.717) is 18.7 Å². The van der Waals surface area contributed by atoms with Crippen molar-refractivity contribution in [3.8, 4) is 5.75 Å². The fourth-order valence-corrected chi connectivity index (χ4v) is 3.45. The molecule has 0 radical (unpaired) electrons. The lowest BCUT2D eigenvalue weighted by Crippen LogP contribution is -2.34. The monoisotopic (exact) mass is 336 g/mol. The van der Waals surface area contributed by atoms with Crippen molar-refractivity contribution < 1.29 is 14.6 Å². The standard InChI is InChI=1S/C20H20N2O3/c1-2-25-14-8-7-13-9-17(21-16(13)11-14)20(24)22-19-15-6-4-3-5-12(15)10-18(19)23/h3-9,11,18-19,21,23H,2,10H2,1H3,(H,22,24)/t18-,19+/m1/s1. The molecule has 3 aromatic rings. The Bertz CT molecular complexity index is 932. The minimum atomic E-state index is -0.602. The summed E-state index contributed by atoms with van der Waals surface area (Å²) in [5, 5.41) is 14.2. The van der Waals surface area contributed by atoms with Crippen LogP contribution in [0.3, 0.4) is 0 Å². The average Bonchev–Trinajstić information content (AvgIpc) is 3.16. The largest absolute Gasteiger partial charge is 0.494 e. The van der Waals surface area contributed by atoms with Gasteiger partial charge in [-0.2, -0.15) is 0 Å². The van der Waals surface area contributed by atoms with Gasteiger partial charge in [0.25, 0.3) is 5.91 Å². The third kappa shape index (κ3) is 2.87. The van der Waals surface area contributed by atoms with Crippen molar-refractivity contribution in [2.24, 2.45) is 0 Å². The number of aliphatic hydroxyl groups excluding tert-OH is 1. The molecule has 5 heteroatoms. The first-order valence-corrected chi connectivity index (χ1v) is 8.48. The molecular formula is C20H20N2O3. The second-order valence-electron chi connectivity index (χ2n) is 6.29. The van der Waals surface area contributed by atoms with Crippen LogP contribution in [-0.2, 0) is 6.42 Å². The van der Waals surface area contributed by atoms with E-state index < -0.39 is 6.10 Å². The maximum Gasteiger partial charge on any atom is 0.268 e. The van der Waals surface area contributed by atoms with Crippen LogP contribution in [0.2, 0.25) is 0 Å². The SMILES string of the molecule is CCOc1ccc2cc(C(=O)N[C@H]3c4ccccc4C[C@H]3O)[nH]c2c1. The lowest BCUT2D eigenvalue weighted by Gasteiger charge is -2.17. The van der Waals surface area contributed by atoms with Crippen molar-refractivity contribution in [1.82, 2.24) is 10.3 Å². The second kappa shape index (κ2) is 6.26. The Morgan fingerprint density at radius 2 is 2.12 bits per heavy atom. The van der Waals surface area contributed by atoms with E-state index >= 15 is 0 Å². The molecule has 0 spiro atoms. The molecule has 25 heavy (non-hydrogen) atoms. The van der Waals surface area contributed by atoms with Crippen LogP contribution in [-0.4, -0.2) is 28.7 Å². The summed E-state index contributed by atoms with van der Waals surface area (Å²) in [6, 6.07) is 14.9. The van der Waals surface area contributed by atoms with E-state index in [1.165, 1.54) is 0 Å². The lowest BCUT2D eigenvalue weighted by atomic mass is 10.1. The highest BCUT2D eigenvalue weighted by atomic mass is 16.5. The van der Waals surface area contributed by atoms with Gasteiger partial charge in [0.2, 0.25) is 0 Å². The highest BCUT2D eigenvalue weighted by Crippen LogP contribution is 2.31. The van der Waals surface area contributed by atoms with Crippen molar-refractivity contribution in [2.45, 2.75) is 25.5 Å².